The lowest BCUT2D eigenvalue weighted by atomic mass is 10.2. The minimum absolute atomic E-state index is 0.150. The number of methoxy groups -OCH3 is 3. The van der Waals surface area contributed by atoms with Gasteiger partial charge in [0.1, 0.15) is 23.2 Å². The van der Waals surface area contributed by atoms with Gasteiger partial charge in [0.05, 0.1) is 19.5 Å². The maximum absolute atomic E-state index is 13.6. The second-order valence-corrected chi connectivity index (χ2v) is 10.5. The number of nitrogens with zero attached hydrogens (tertiary/aromatic N) is 7. The van der Waals surface area contributed by atoms with Crippen molar-refractivity contribution < 1.29 is 22.6 Å². The van der Waals surface area contributed by atoms with E-state index in [1.54, 1.807) is 60.4 Å². The molecule has 4 heterocycles. The normalized spacial score (nSPS) is 13.2. The molecule has 0 bridgehead atoms. The van der Waals surface area contributed by atoms with Crippen molar-refractivity contribution >= 4 is 9.84 Å². The zero-order valence-electron chi connectivity index (χ0n) is 21.1. The lowest BCUT2D eigenvalue weighted by Gasteiger charge is -2.22. The summed E-state index contributed by atoms with van der Waals surface area (Å²) in [7, 11) is 0.556. The fourth-order valence-electron chi connectivity index (χ4n) is 3.75. The Morgan fingerprint density at radius 2 is 1.73 bits per heavy atom. The summed E-state index contributed by atoms with van der Waals surface area (Å²) in [6, 6.07) is 8.61. The average molecular weight is 526 g/mol. The van der Waals surface area contributed by atoms with Gasteiger partial charge in [-0.3, -0.25) is 4.57 Å². The summed E-state index contributed by atoms with van der Waals surface area (Å²) in [6.07, 6.45) is 3.92. The topological polar surface area (TPSA) is 144 Å². The van der Waals surface area contributed by atoms with Gasteiger partial charge in [-0.1, -0.05) is 6.07 Å². The van der Waals surface area contributed by atoms with Crippen LogP contribution < -0.4 is 9.47 Å². The van der Waals surface area contributed by atoms with E-state index in [1.807, 2.05) is 6.92 Å². The van der Waals surface area contributed by atoms with Gasteiger partial charge in [-0.15, -0.1) is 10.2 Å². The van der Waals surface area contributed by atoms with E-state index in [4.69, 9.17) is 14.2 Å². The minimum atomic E-state index is -3.85. The third-order valence-electron chi connectivity index (χ3n) is 5.71. The highest BCUT2D eigenvalue weighted by Crippen LogP contribution is 2.30. The zero-order chi connectivity index (χ0) is 26.6. The Morgan fingerprint density at radius 1 is 0.973 bits per heavy atom. The average Bonchev–Trinajstić information content (AvgIpc) is 3.32. The van der Waals surface area contributed by atoms with Gasteiger partial charge in [0.2, 0.25) is 11.8 Å². The molecule has 13 heteroatoms. The Balaban J connectivity index is 1.79. The quantitative estimate of drug-likeness (QED) is 0.301. The standard InChI is InChI=1S/C24H27N7O5S/c1-15-12-26-22(27-13-15)21(35-4)16(2)37(32,33)14-19-29-30-23(17-8-6-10-20(28-17)34-3)31(19)18-9-7-11-25-24(18)36-5/h6-13,16,21H,14H2,1-5H3/t16-,21-/m0/s1. The highest BCUT2D eigenvalue weighted by Gasteiger charge is 2.35. The van der Waals surface area contributed by atoms with Crippen molar-refractivity contribution in [2.24, 2.45) is 0 Å². The Morgan fingerprint density at radius 3 is 2.41 bits per heavy atom. The van der Waals surface area contributed by atoms with Crippen LogP contribution in [0.2, 0.25) is 0 Å². The smallest absolute Gasteiger partial charge is 0.238 e. The number of aryl methyl sites for hydroxylation is 1. The molecule has 0 aliphatic rings. The van der Waals surface area contributed by atoms with E-state index in [1.165, 1.54) is 21.3 Å². The predicted molar refractivity (Wildman–Crippen MR) is 134 cm³/mol. The van der Waals surface area contributed by atoms with Crippen molar-refractivity contribution in [2.75, 3.05) is 21.3 Å². The van der Waals surface area contributed by atoms with Crippen molar-refractivity contribution in [3.8, 4) is 29.0 Å². The van der Waals surface area contributed by atoms with Crippen molar-refractivity contribution in [1.82, 2.24) is 34.7 Å². The number of pyridine rings is 2. The first kappa shape index (κ1) is 26.1. The Labute approximate surface area is 214 Å². The molecular formula is C24H27N7O5S. The van der Waals surface area contributed by atoms with Crippen molar-refractivity contribution in [1.29, 1.82) is 0 Å². The zero-order valence-corrected chi connectivity index (χ0v) is 21.9. The van der Waals surface area contributed by atoms with Gasteiger partial charge in [0.25, 0.3) is 0 Å². The van der Waals surface area contributed by atoms with E-state index in [0.717, 1.165) is 5.56 Å². The summed E-state index contributed by atoms with van der Waals surface area (Å²) >= 11 is 0. The van der Waals surface area contributed by atoms with Gasteiger partial charge in [0, 0.05) is 31.8 Å². The van der Waals surface area contributed by atoms with E-state index in [2.05, 4.69) is 30.1 Å². The monoisotopic (exact) mass is 525 g/mol. The Hall–Kier alpha value is -3.97. The molecule has 4 aromatic heterocycles. The van der Waals surface area contributed by atoms with Crippen LogP contribution in [0.5, 0.6) is 11.8 Å². The first-order chi connectivity index (χ1) is 17.8. The molecule has 0 radical (unpaired) electrons. The van der Waals surface area contributed by atoms with Crippen LogP contribution in [0, 0.1) is 6.92 Å². The summed E-state index contributed by atoms with van der Waals surface area (Å²) in [4.78, 5) is 17.2. The molecule has 0 aromatic carbocycles. The Bertz CT molecular complexity index is 1480. The third kappa shape index (κ3) is 5.42. The second kappa shape index (κ2) is 11.0. The molecule has 194 valence electrons. The molecule has 12 nitrogen and oxygen atoms in total. The molecule has 0 aliphatic carbocycles. The van der Waals surface area contributed by atoms with Crippen LogP contribution >= 0.6 is 0 Å². The molecule has 0 amide bonds. The largest absolute Gasteiger partial charge is 0.481 e. The SMILES string of the molecule is COc1cccc(-c2nnc(CS(=O)(=O)[C@@H](C)[C@H](OC)c3ncc(C)cn3)n2-c2cccnc2OC)n1. The molecule has 0 aliphatic heterocycles. The third-order valence-corrected chi connectivity index (χ3v) is 7.75. The molecule has 0 N–H and O–H groups in total. The van der Waals surface area contributed by atoms with Gasteiger partial charge in [-0.25, -0.2) is 28.4 Å². The van der Waals surface area contributed by atoms with Gasteiger partial charge in [-0.05, 0) is 37.6 Å². The minimum Gasteiger partial charge on any atom is -0.481 e. The molecule has 37 heavy (non-hydrogen) atoms. The van der Waals surface area contributed by atoms with Crippen LogP contribution in [0.25, 0.3) is 17.2 Å². The van der Waals surface area contributed by atoms with Crippen LogP contribution in [0.3, 0.4) is 0 Å². The molecule has 0 unspecified atom stereocenters. The molecule has 0 fully saturated rings. The number of aromatic nitrogens is 7. The lowest BCUT2D eigenvalue weighted by molar-refractivity contribution is 0.0947. The van der Waals surface area contributed by atoms with Crippen molar-refractivity contribution in [3.05, 3.63) is 66.1 Å². The number of hydrogen-bond donors (Lipinski definition) is 0. The maximum atomic E-state index is 13.6. The van der Waals surface area contributed by atoms with E-state index < -0.39 is 26.9 Å². The predicted octanol–water partition coefficient (Wildman–Crippen LogP) is 2.53. The van der Waals surface area contributed by atoms with Crippen LogP contribution in [-0.2, 0) is 20.3 Å². The summed E-state index contributed by atoms with van der Waals surface area (Å²) in [5.74, 6) is 0.913. The van der Waals surface area contributed by atoms with Gasteiger partial charge in [-0.2, -0.15) is 0 Å². The first-order valence-corrected chi connectivity index (χ1v) is 13.0. The van der Waals surface area contributed by atoms with E-state index >= 15 is 0 Å². The van der Waals surface area contributed by atoms with Gasteiger partial charge >= 0.3 is 0 Å². The van der Waals surface area contributed by atoms with Crippen LogP contribution in [-0.4, -0.2) is 69.7 Å². The van der Waals surface area contributed by atoms with E-state index in [9.17, 15) is 8.42 Å². The van der Waals surface area contributed by atoms with Crippen LogP contribution in [0.15, 0.2) is 48.9 Å². The molecule has 0 saturated carbocycles. The molecule has 0 spiro atoms. The van der Waals surface area contributed by atoms with E-state index in [-0.39, 0.29) is 17.5 Å². The summed E-state index contributed by atoms with van der Waals surface area (Å²) < 4.78 is 45.0. The van der Waals surface area contributed by atoms with Gasteiger partial charge in [0.15, 0.2) is 27.3 Å². The number of rotatable bonds is 10. The number of ether oxygens (including phenoxy) is 3. The molecule has 0 saturated heterocycles. The van der Waals surface area contributed by atoms with Gasteiger partial charge < -0.3 is 14.2 Å². The van der Waals surface area contributed by atoms with Crippen molar-refractivity contribution in [2.45, 2.75) is 31.0 Å². The summed E-state index contributed by atoms with van der Waals surface area (Å²) in [5, 5.41) is 7.53. The fraction of sp³-hybridized carbons (Fsp3) is 0.333. The molecular weight excluding hydrogens is 498 g/mol. The van der Waals surface area contributed by atoms with Crippen LogP contribution in [0.1, 0.15) is 30.2 Å². The maximum Gasteiger partial charge on any atom is 0.238 e. The molecule has 4 rings (SSSR count). The number of sulfone groups is 1. The van der Waals surface area contributed by atoms with E-state index in [0.29, 0.717) is 23.1 Å². The summed E-state index contributed by atoms with van der Waals surface area (Å²) in [5.41, 5.74) is 1.74. The fourth-order valence-corrected chi connectivity index (χ4v) is 5.17. The Kier molecular flexibility index (Phi) is 7.74. The lowest BCUT2D eigenvalue weighted by Crippen LogP contribution is -2.30. The van der Waals surface area contributed by atoms with Crippen LogP contribution in [0.4, 0.5) is 0 Å². The highest BCUT2D eigenvalue weighted by molar-refractivity contribution is 7.91. The first-order valence-electron chi connectivity index (χ1n) is 11.3. The highest BCUT2D eigenvalue weighted by atomic mass is 32.2. The molecule has 4 aromatic rings. The second-order valence-electron chi connectivity index (χ2n) is 8.16. The van der Waals surface area contributed by atoms with Crippen molar-refractivity contribution in [3.63, 3.8) is 0 Å². The summed E-state index contributed by atoms with van der Waals surface area (Å²) in [6.45, 7) is 3.41. The number of hydrogen-bond acceptors (Lipinski definition) is 11. The molecule has 2 atom stereocenters.